The minimum Gasteiger partial charge on any atom is -0.356 e. The first-order chi connectivity index (χ1) is 6.88. The first-order valence-electron chi connectivity index (χ1n) is 5.63. The van der Waals surface area contributed by atoms with E-state index in [1.807, 2.05) is 12.4 Å². The molecule has 0 radical (unpaired) electrons. The van der Waals surface area contributed by atoms with Gasteiger partial charge in [0.05, 0.1) is 0 Å². The van der Waals surface area contributed by atoms with Crippen molar-refractivity contribution in [2.75, 3.05) is 11.9 Å². The van der Waals surface area contributed by atoms with E-state index in [9.17, 15) is 0 Å². The van der Waals surface area contributed by atoms with Gasteiger partial charge >= 0.3 is 0 Å². The van der Waals surface area contributed by atoms with Crippen molar-refractivity contribution < 1.29 is 0 Å². The van der Waals surface area contributed by atoms with E-state index >= 15 is 0 Å². The Balaban J connectivity index is 2.17. The zero-order valence-corrected chi connectivity index (χ0v) is 9.29. The molecule has 0 aliphatic rings. The Morgan fingerprint density at radius 3 is 2.86 bits per heavy atom. The van der Waals surface area contributed by atoms with Gasteiger partial charge in [0.2, 0.25) is 5.95 Å². The van der Waals surface area contributed by atoms with Crippen LogP contribution in [0.1, 0.15) is 39.5 Å². The molecule has 0 aromatic carbocycles. The Hall–Kier alpha value is -0.990. The van der Waals surface area contributed by atoms with Gasteiger partial charge in [-0.25, -0.2) is 4.98 Å². The summed E-state index contributed by atoms with van der Waals surface area (Å²) in [6.45, 7) is 6.38. The minimum atomic E-state index is 0.983. The molecule has 80 valence electrons. The first kappa shape index (κ1) is 11.1. The first-order valence-corrected chi connectivity index (χ1v) is 5.63. The summed E-state index contributed by atoms with van der Waals surface area (Å²) >= 11 is 0. The molecule has 1 heterocycles. The molecule has 0 saturated heterocycles. The summed E-state index contributed by atoms with van der Waals surface area (Å²) in [5.74, 6) is 1.00. The van der Waals surface area contributed by atoms with Gasteiger partial charge in [-0.3, -0.25) is 0 Å². The smallest absolute Gasteiger partial charge is 0.202 e. The maximum Gasteiger partial charge on any atom is 0.202 e. The molecule has 3 nitrogen and oxygen atoms in total. The summed E-state index contributed by atoms with van der Waals surface area (Å²) in [4.78, 5) is 4.26. The topological polar surface area (TPSA) is 29.9 Å². The number of anilines is 1. The van der Waals surface area contributed by atoms with Gasteiger partial charge in [-0.2, -0.15) is 0 Å². The summed E-state index contributed by atoms with van der Waals surface area (Å²) in [5, 5.41) is 3.35. The predicted octanol–water partition coefficient (Wildman–Crippen LogP) is 2.90. The van der Waals surface area contributed by atoms with Crippen LogP contribution in [0.4, 0.5) is 5.95 Å². The number of rotatable bonds is 7. The van der Waals surface area contributed by atoms with E-state index in [1.165, 1.54) is 25.7 Å². The average molecular weight is 195 g/mol. The molecule has 3 heteroatoms. The van der Waals surface area contributed by atoms with Crippen molar-refractivity contribution in [3.05, 3.63) is 12.4 Å². The molecule has 0 bridgehead atoms. The van der Waals surface area contributed by atoms with Gasteiger partial charge in [-0.15, -0.1) is 0 Å². The van der Waals surface area contributed by atoms with E-state index in [0.29, 0.717) is 0 Å². The van der Waals surface area contributed by atoms with E-state index in [1.54, 1.807) is 0 Å². The fraction of sp³-hybridized carbons (Fsp3) is 0.727. The number of hydrogen-bond acceptors (Lipinski definition) is 2. The van der Waals surface area contributed by atoms with Crippen molar-refractivity contribution in [1.29, 1.82) is 0 Å². The van der Waals surface area contributed by atoms with Gasteiger partial charge in [0.25, 0.3) is 0 Å². The molecule has 0 unspecified atom stereocenters. The van der Waals surface area contributed by atoms with E-state index in [-0.39, 0.29) is 0 Å². The molecule has 0 aliphatic heterocycles. The molecule has 1 aromatic rings. The lowest BCUT2D eigenvalue weighted by atomic mass is 10.2. The van der Waals surface area contributed by atoms with Crippen LogP contribution in [0, 0.1) is 0 Å². The third-order valence-electron chi connectivity index (χ3n) is 2.37. The van der Waals surface area contributed by atoms with Crippen LogP contribution in [0.5, 0.6) is 0 Å². The van der Waals surface area contributed by atoms with Crippen molar-refractivity contribution in [2.45, 2.75) is 46.1 Å². The van der Waals surface area contributed by atoms with Crippen LogP contribution in [-0.2, 0) is 6.54 Å². The SMILES string of the molecule is CCCCCCNc1nccn1CC. The third-order valence-corrected chi connectivity index (χ3v) is 2.37. The summed E-state index contributed by atoms with van der Waals surface area (Å²) < 4.78 is 2.12. The van der Waals surface area contributed by atoms with Crippen molar-refractivity contribution in [3.8, 4) is 0 Å². The van der Waals surface area contributed by atoms with E-state index in [2.05, 4.69) is 28.7 Å². The standard InChI is InChI=1S/C11H21N3/c1-3-5-6-7-8-12-11-13-9-10-14(11)4-2/h9-10H,3-8H2,1-2H3,(H,12,13). The molecule has 1 rings (SSSR count). The van der Waals surface area contributed by atoms with E-state index < -0.39 is 0 Å². The Morgan fingerprint density at radius 1 is 1.29 bits per heavy atom. The Labute approximate surface area is 86.5 Å². The number of nitrogens with one attached hydrogen (secondary N) is 1. The highest BCUT2D eigenvalue weighted by atomic mass is 15.2. The molecule has 0 amide bonds. The van der Waals surface area contributed by atoms with Gasteiger partial charge < -0.3 is 9.88 Å². The van der Waals surface area contributed by atoms with Crippen LogP contribution in [0.3, 0.4) is 0 Å². The quantitative estimate of drug-likeness (QED) is 0.678. The highest BCUT2D eigenvalue weighted by molar-refractivity contribution is 5.25. The number of unbranched alkanes of at least 4 members (excludes halogenated alkanes) is 3. The van der Waals surface area contributed by atoms with Crippen LogP contribution in [0.25, 0.3) is 0 Å². The molecule has 1 N–H and O–H groups in total. The summed E-state index contributed by atoms with van der Waals surface area (Å²) in [6, 6.07) is 0. The molecule has 14 heavy (non-hydrogen) atoms. The molecule has 0 saturated carbocycles. The summed E-state index contributed by atoms with van der Waals surface area (Å²) in [6.07, 6.45) is 9.04. The zero-order valence-electron chi connectivity index (χ0n) is 9.29. The molecule has 1 aromatic heterocycles. The Kier molecular flexibility index (Phi) is 5.12. The molecular formula is C11H21N3. The van der Waals surface area contributed by atoms with E-state index in [4.69, 9.17) is 0 Å². The van der Waals surface area contributed by atoms with Crippen LogP contribution in [-0.4, -0.2) is 16.1 Å². The highest BCUT2D eigenvalue weighted by Gasteiger charge is 1.98. The molecule has 0 fully saturated rings. The normalized spacial score (nSPS) is 10.4. The minimum absolute atomic E-state index is 0.983. The van der Waals surface area contributed by atoms with Gasteiger partial charge in [-0.1, -0.05) is 26.2 Å². The lowest BCUT2D eigenvalue weighted by molar-refractivity contribution is 0.678. The number of nitrogens with zero attached hydrogens (tertiary/aromatic N) is 2. The van der Waals surface area contributed by atoms with Crippen molar-refractivity contribution in [2.24, 2.45) is 0 Å². The maximum atomic E-state index is 4.26. The molecule has 0 spiro atoms. The van der Waals surface area contributed by atoms with Crippen LogP contribution >= 0.6 is 0 Å². The van der Waals surface area contributed by atoms with Crippen molar-refractivity contribution >= 4 is 5.95 Å². The lowest BCUT2D eigenvalue weighted by Crippen LogP contribution is -2.07. The largest absolute Gasteiger partial charge is 0.356 e. The number of aryl methyl sites for hydroxylation is 1. The fourth-order valence-corrected chi connectivity index (χ4v) is 1.48. The van der Waals surface area contributed by atoms with Crippen molar-refractivity contribution in [1.82, 2.24) is 9.55 Å². The van der Waals surface area contributed by atoms with Crippen molar-refractivity contribution in [3.63, 3.8) is 0 Å². The number of hydrogen-bond donors (Lipinski definition) is 1. The Morgan fingerprint density at radius 2 is 2.14 bits per heavy atom. The monoisotopic (exact) mass is 195 g/mol. The van der Waals surface area contributed by atoms with Crippen LogP contribution in [0.15, 0.2) is 12.4 Å². The second-order valence-electron chi connectivity index (χ2n) is 3.52. The fourth-order valence-electron chi connectivity index (χ4n) is 1.48. The second kappa shape index (κ2) is 6.46. The van der Waals surface area contributed by atoms with Gasteiger partial charge in [0, 0.05) is 25.5 Å². The van der Waals surface area contributed by atoms with Gasteiger partial charge in [0.15, 0.2) is 0 Å². The number of imidazole rings is 1. The van der Waals surface area contributed by atoms with E-state index in [0.717, 1.165) is 19.0 Å². The average Bonchev–Trinajstić information content (AvgIpc) is 2.65. The van der Waals surface area contributed by atoms with Gasteiger partial charge in [0.1, 0.15) is 0 Å². The van der Waals surface area contributed by atoms with Crippen LogP contribution in [0.2, 0.25) is 0 Å². The number of aromatic nitrogens is 2. The molecule has 0 atom stereocenters. The van der Waals surface area contributed by atoms with Crippen LogP contribution < -0.4 is 5.32 Å². The maximum absolute atomic E-state index is 4.26. The Bertz CT molecular complexity index is 242. The highest BCUT2D eigenvalue weighted by Crippen LogP contribution is 2.05. The summed E-state index contributed by atoms with van der Waals surface area (Å²) in [5.41, 5.74) is 0. The van der Waals surface area contributed by atoms with Gasteiger partial charge in [-0.05, 0) is 13.3 Å². The lowest BCUT2D eigenvalue weighted by Gasteiger charge is -2.07. The predicted molar refractivity (Wildman–Crippen MR) is 60.5 cm³/mol. The molecule has 0 aliphatic carbocycles. The second-order valence-corrected chi connectivity index (χ2v) is 3.52. The zero-order chi connectivity index (χ0) is 10.2. The molecular weight excluding hydrogens is 174 g/mol. The summed E-state index contributed by atoms with van der Waals surface area (Å²) in [7, 11) is 0. The third kappa shape index (κ3) is 3.40.